The summed E-state index contributed by atoms with van der Waals surface area (Å²) in [6.07, 6.45) is 20.1. The summed E-state index contributed by atoms with van der Waals surface area (Å²) in [5, 5.41) is 3.57. The third kappa shape index (κ3) is 16.2. The fourth-order valence-corrected chi connectivity index (χ4v) is 3.15. The van der Waals surface area contributed by atoms with Gasteiger partial charge in [-0.25, -0.2) is 0 Å². The van der Waals surface area contributed by atoms with Crippen molar-refractivity contribution in [2.24, 2.45) is 0 Å². The summed E-state index contributed by atoms with van der Waals surface area (Å²) in [5.74, 6) is 0. The normalized spacial score (nSPS) is 12.0. The Kier molecular flexibility index (Phi) is 14.9. The van der Waals surface area contributed by atoms with E-state index in [1.165, 1.54) is 89.9 Å². The van der Waals surface area contributed by atoms with Gasteiger partial charge >= 0.3 is 0 Å². The highest BCUT2D eigenvalue weighted by Gasteiger charge is 2.14. The van der Waals surface area contributed by atoms with Crippen LogP contribution in [-0.2, 0) is 0 Å². The predicted octanol–water partition coefficient (Wildman–Crippen LogP) is 6.86. The van der Waals surface area contributed by atoms with Crippen molar-refractivity contribution in [2.75, 3.05) is 6.54 Å². The molecule has 0 aliphatic carbocycles. The third-order valence-electron chi connectivity index (χ3n) is 4.56. The maximum atomic E-state index is 3.57. The first-order valence-corrected chi connectivity index (χ1v) is 9.87. The molecule has 1 N–H and O–H groups in total. The molecule has 0 radical (unpaired) electrons. The van der Waals surface area contributed by atoms with Crippen molar-refractivity contribution in [3.05, 3.63) is 0 Å². The van der Waals surface area contributed by atoms with Gasteiger partial charge in [0.2, 0.25) is 0 Å². The molecule has 0 aliphatic heterocycles. The smallest absolute Gasteiger partial charge is 0.0125 e. The van der Waals surface area contributed by atoms with Crippen molar-refractivity contribution in [3.63, 3.8) is 0 Å². The first-order chi connectivity index (χ1) is 10.1. The van der Waals surface area contributed by atoms with Gasteiger partial charge in [-0.3, -0.25) is 0 Å². The molecule has 0 bridgehead atoms. The second-order valence-electron chi connectivity index (χ2n) is 7.41. The van der Waals surface area contributed by atoms with E-state index in [0.717, 1.165) is 6.54 Å². The zero-order valence-corrected chi connectivity index (χ0v) is 15.6. The number of nitrogens with one attached hydrogen (secondary N) is 1. The van der Waals surface area contributed by atoms with Crippen LogP contribution in [-0.4, -0.2) is 12.1 Å². The van der Waals surface area contributed by atoms with Crippen molar-refractivity contribution < 1.29 is 0 Å². The molecular weight excluding hydrogens is 254 g/mol. The summed E-state index contributed by atoms with van der Waals surface area (Å²) in [6, 6.07) is 0. The minimum atomic E-state index is 0.340. The zero-order valence-electron chi connectivity index (χ0n) is 15.6. The lowest BCUT2D eigenvalue weighted by Gasteiger charge is -2.25. The predicted molar refractivity (Wildman–Crippen MR) is 98.1 cm³/mol. The van der Waals surface area contributed by atoms with Gasteiger partial charge in [0.05, 0.1) is 0 Å². The Balaban J connectivity index is 3.12. The van der Waals surface area contributed by atoms with E-state index in [4.69, 9.17) is 0 Å². The van der Waals surface area contributed by atoms with Crippen molar-refractivity contribution in [1.82, 2.24) is 5.32 Å². The summed E-state index contributed by atoms with van der Waals surface area (Å²) >= 11 is 0. The summed E-state index contributed by atoms with van der Waals surface area (Å²) in [4.78, 5) is 0. The largest absolute Gasteiger partial charge is 0.312 e. The highest BCUT2D eigenvalue weighted by molar-refractivity contribution is 4.76. The van der Waals surface area contributed by atoms with Crippen LogP contribution >= 0.6 is 0 Å². The van der Waals surface area contributed by atoms with Crippen molar-refractivity contribution in [1.29, 1.82) is 0 Å². The Morgan fingerprint density at radius 3 is 1.33 bits per heavy atom. The lowest BCUT2D eigenvalue weighted by atomic mass is 9.96. The maximum Gasteiger partial charge on any atom is 0.0125 e. The van der Waals surface area contributed by atoms with E-state index in [9.17, 15) is 0 Å². The monoisotopic (exact) mass is 297 g/mol. The Bertz CT molecular complexity index is 198. The molecule has 0 rings (SSSR count). The molecule has 0 atom stereocenters. The van der Waals surface area contributed by atoms with Crippen LogP contribution in [0.2, 0.25) is 0 Å². The first kappa shape index (κ1) is 21.0. The molecule has 1 nitrogen and oxygen atoms in total. The summed E-state index contributed by atoms with van der Waals surface area (Å²) in [7, 11) is 0. The van der Waals surface area contributed by atoms with Crippen molar-refractivity contribution >= 4 is 0 Å². The molecule has 1 heteroatoms. The molecule has 0 aromatic heterocycles. The zero-order chi connectivity index (χ0) is 15.8. The Labute approximate surface area is 135 Å². The standard InChI is InChI=1S/C20H43N/c1-5-7-8-9-10-11-12-13-14-15-16-17-18-19-20(3,4)21-6-2/h21H,5-19H2,1-4H3. The molecule has 0 aliphatic rings. The second-order valence-corrected chi connectivity index (χ2v) is 7.41. The molecule has 0 amide bonds. The topological polar surface area (TPSA) is 12.0 Å². The Morgan fingerprint density at radius 2 is 0.952 bits per heavy atom. The van der Waals surface area contributed by atoms with E-state index >= 15 is 0 Å². The van der Waals surface area contributed by atoms with Crippen LogP contribution in [0.4, 0.5) is 0 Å². The van der Waals surface area contributed by atoms with Crippen molar-refractivity contribution in [3.8, 4) is 0 Å². The number of hydrogen-bond acceptors (Lipinski definition) is 1. The van der Waals surface area contributed by atoms with E-state index in [0.29, 0.717) is 5.54 Å². The Hall–Kier alpha value is -0.0400. The molecule has 21 heavy (non-hydrogen) atoms. The summed E-state index contributed by atoms with van der Waals surface area (Å²) in [5.41, 5.74) is 0.340. The van der Waals surface area contributed by atoms with E-state index in [1.807, 2.05) is 0 Å². The van der Waals surface area contributed by atoms with Crippen LogP contribution < -0.4 is 5.32 Å². The number of rotatable bonds is 16. The lowest BCUT2D eigenvalue weighted by molar-refractivity contribution is 0.354. The molecule has 0 spiro atoms. The quantitative estimate of drug-likeness (QED) is 0.307. The van der Waals surface area contributed by atoms with Gasteiger partial charge in [0.1, 0.15) is 0 Å². The molecule has 0 fully saturated rings. The van der Waals surface area contributed by atoms with Crippen LogP contribution in [0, 0.1) is 0 Å². The molecule has 0 heterocycles. The van der Waals surface area contributed by atoms with Gasteiger partial charge in [-0.1, -0.05) is 97.3 Å². The van der Waals surface area contributed by atoms with Gasteiger partial charge in [-0.15, -0.1) is 0 Å². The van der Waals surface area contributed by atoms with Gasteiger partial charge in [0, 0.05) is 5.54 Å². The van der Waals surface area contributed by atoms with Gasteiger partial charge < -0.3 is 5.32 Å². The average Bonchev–Trinajstić information content (AvgIpc) is 2.44. The minimum Gasteiger partial charge on any atom is -0.312 e. The van der Waals surface area contributed by atoms with Gasteiger partial charge in [0.15, 0.2) is 0 Å². The van der Waals surface area contributed by atoms with Gasteiger partial charge in [-0.05, 0) is 26.8 Å². The summed E-state index contributed by atoms with van der Waals surface area (Å²) < 4.78 is 0. The van der Waals surface area contributed by atoms with Crippen molar-refractivity contribution in [2.45, 2.75) is 123 Å². The second kappa shape index (κ2) is 14.9. The fourth-order valence-electron chi connectivity index (χ4n) is 3.15. The van der Waals surface area contributed by atoms with Crippen LogP contribution in [0.15, 0.2) is 0 Å². The molecule has 0 aromatic rings. The van der Waals surface area contributed by atoms with Crippen LogP contribution in [0.25, 0.3) is 0 Å². The molecule has 0 saturated carbocycles. The molecular formula is C20H43N. The number of unbranched alkanes of at least 4 members (excludes halogenated alkanes) is 12. The van der Waals surface area contributed by atoms with Gasteiger partial charge in [-0.2, -0.15) is 0 Å². The maximum absolute atomic E-state index is 3.57. The Morgan fingerprint density at radius 1 is 0.571 bits per heavy atom. The van der Waals surface area contributed by atoms with Crippen LogP contribution in [0.1, 0.15) is 118 Å². The number of hydrogen-bond donors (Lipinski definition) is 1. The van der Waals surface area contributed by atoms with E-state index < -0.39 is 0 Å². The molecule has 0 saturated heterocycles. The minimum absolute atomic E-state index is 0.340. The highest BCUT2D eigenvalue weighted by atomic mass is 14.9. The average molecular weight is 298 g/mol. The SMILES string of the molecule is CCCCCCCCCCCCCCCC(C)(C)NCC. The first-order valence-electron chi connectivity index (χ1n) is 9.87. The lowest BCUT2D eigenvalue weighted by Crippen LogP contribution is -2.38. The van der Waals surface area contributed by atoms with Crippen LogP contribution in [0.3, 0.4) is 0 Å². The fraction of sp³-hybridized carbons (Fsp3) is 1.00. The molecule has 0 aromatic carbocycles. The van der Waals surface area contributed by atoms with E-state index in [2.05, 4.69) is 33.0 Å². The van der Waals surface area contributed by atoms with E-state index in [-0.39, 0.29) is 0 Å². The molecule has 128 valence electrons. The molecule has 0 unspecified atom stereocenters. The highest BCUT2D eigenvalue weighted by Crippen LogP contribution is 2.16. The van der Waals surface area contributed by atoms with Crippen LogP contribution in [0.5, 0.6) is 0 Å². The summed E-state index contributed by atoms with van der Waals surface area (Å²) in [6.45, 7) is 10.2. The van der Waals surface area contributed by atoms with Gasteiger partial charge in [0.25, 0.3) is 0 Å². The third-order valence-corrected chi connectivity index (χ3v) is 4.56. The van der Waals surface area contributed by atoms with E-state index in [1.54, 1.807) is 0 Å².